The number of rotatable bonds is 3. The lowest BCUT2D eigenvalue weighted by atomic mass is 10.2. The number of aliphatic hydroxyl groups excluding tert-OH is 2. The van der Waals surface area contributed by atoms with Crippen molar-refractivity contribution in [3.8, 4) is 0 Å². The molecule has 1 unspecified atom stereocenters. The van der Waals surface area contributed by atoms with Crippen LogP contribution >= 0.6 is 0 Å². The van der Waals surface area contributed by atoms with E-state index in [9.17, 15) is 9.59 Å². The lowest BCUT2D eigenvalue weighted by Crippen LogP contribution is -2.31. The second kappa shape index (κ2) is 3.97. The van der Waals surface area contributed by atoms with Gasteiger partial charge >= 0.3 is 5.97 Å². The first-order chi connectivity index (χ1) is 4.63. The molecule has 5 heteroatoms. The van der Waals surface area contributed by atoms with E-state index in [4.69, 9.17) is 10.2 Å². The van der Waals surface area contributed by atoms with Crippen LogP contribution in [-0.4, -0.2) is 41.8 Å². The maximum absolute atomic E-state index is 10.4. The van der Waals surface area contributed by atoms with E-state index in [-0.39, 0.29) is 0 Å². The number of carbonyl (C=O) groups is 2. The number of hydrogen-bond acceptors (Lipinski definition) is 5. The average Bonchev–Trinajstić information content (AvgIpc) is 2.00. The van der Waals surface area contributed by atoms with Crippen molar-refractivity contribution in [3.05, 3.63) is 0 Å². The quantitative estimate of drug-likeness (QED) is 0.360. The summed E-state index contributed by atoms with van der Waals surface area (Å²) in [5.74, 6) is -2.29. The molecule has 0 aliphatic rings. The molecule has 0 aromatic rings. The van der Waals surface area contributed by atoms with E-state index < -0.39 is 24.5 Å². The van der Waals surface area contributed by atoms with Crippen molar-refractivity contribution in [2.24, 2.45) is 0 Å². The molecule has 0 aromatic carbocycles. The molecule has 10 heavy (non-hydrogen) atoms. The molecule has 0 saturated carbocycles. The summed E-state index contributed by atoms with van der Waals surface area (Å²) in [4.78, 5) is 20.7. The van der Waals surface area contributed by atoms with Crippen LogP contribution in [-0.2, 0) is 14.3 Å². The number of hydrogen-bond donors (Lipinski definition) is 2. The average molecular weight is 148 g/mol. The zero-order valence-corrected chi connectivity index (χ0v) is 5.40. The molecule has 0 fully saturated rings. The van der Waals surface area contributed by atoms with Crippen LogP contribution < -0.4 is 0 Å². The van der Waals surface area contributed by atoms with Gasteiger partial charge < -0.3 is 14.9 Å². The van der Waals surface area contributed by atoms with Crippen molar-refractivity contribution in [1.82, 2.24) is 0 Å². The minimum atomic E-state index is -1.66. The zero-order chi connectivity index (χ0) is 8.15. The molecule has 0 aliphatic carbocycles. The van der Waals surface area contributed by atoms with Crippen molar-refractivity contribution in [2.45, 2.75) is 6.10 Å². The van der Waals surface area contributed by atoms with Crippen molar-refractivity contribution in [1.29, 1.82) is 0 Å². The van der Waals surface area contributed by atoms with Crippen LogP contribution in [0.25, 0.3) is 0 Å². The van der Waals surface area contributed by atoms with Crippen LogP contribution in [0.5, 0.6) is 0 Å². The van der Waals surface area contributed by atoms with E-state index >= 15 is 0 Å². The first kappa shape index (κ1) is 9.06. The SMILES string of the molecule is COC(=O)C(=O)C(O)CO. The molecule has 0 amide bonds. The molecule has 2 N–H and O–H groups in total. The van der Waals surface area contributed by atoms with E-state index in [0.717, 1.165) is 7.11 Å². The van der Waals surface area contributed by atoms with Gasteiger partial charge in [0.15, 0.2) is 0 Å². The second-order valence-corrected chi connectivity index (χ2v) is 1.55. The van der Waals surface area contributed by atoms with Crippen molar-refractivity contribution < 1.29 is 24.5 Å². The molecule has 0 heterocycles. The van der Waals surface area contributed by atoms with Crippen molar-refractivity contribution >= 4 is 11.8 Å². The molecule has 0 saturated heterocycles. The third-order valence-corrected chi connectivity index (χ3v) is 0.862. The highest BCUT2D eigenvalue weighted by atomic mass is 16.5. The van der Waals surface area contributed by atoms with Gasteiger partial charge in [0, 0.05) is 0 Å². The third-order valence-electron chi connectivity index (χ3n) is 0.862. The van der Waals surface area contributed by atoms with Crippen molar-refractivity contribution in [2.75, 3.05) is 13.7 Å². The summed E-state index contributed by atoms with van der Waals surface area (Å²) in [6.07, 6.45) is -1.66. The van der Waals surface area contributed by atoms with Gasteiger partial charge in [-0.2, -0.15) is 0 Å². The topological polar surface area (TPSA) is 83.8 Å². The van der Waals surface area contributed by atoms with Gasteiger partial charge in [0.25, 0.3) is 5.78 Å². The van der Waals surface area contributed by atoms with Gasteiger partial charge in [-0.25, -0.2) is 4.79 Å². The molecule has 0 rings (SSSR count). The smallest absolute Gasteiger partial charge is 0.377 e. The normalized spacial score (nSPS) is 12.3. The summed E-state index contributed by atoms with van der Waals surface area (Å²) in [5, 5.41) is 16.7. The Morgan fingerprint density at radius 3 is 2.40 bits per heavy atom. The van der Waals surface area contributed by atoms with Crippen LogP contribution in [0.1, 0.15) is 0 Å². The molecule has 0 radical (unpaired) electrons. The minimum Gasteiger partial charge on any atom is -0.463 e. The molecular formula is C5H8O5. The molecular weight excluding hydrogens is 140 g/mol. The maximum atomic E-state index is 10.4. The third kappa shape index (κ3) is 2.12. The zero-order valence-electron chi connectivity index (χ0n) is 5.40. The Bertz CT molecular complexity index is 141. The first-order valence-electron chi connectivity index (χ1n) is 2.54. The molecule has 0 aliphatic heterocycles. The molecule has 1 atom stereocenters. The minimum absolute atomic E-state index is 0.770. The Labute approximate surface area is 57.2 Å². The van der Waals surface area contributed by atoms with Gasteiger partial charge in [-0.3, -0.25) is 4.79 Å². The summed E-state index contributed by atoms with van der Waals surface area (Å²) in [6, 6.07) is 0. The second-order valence-electron chi connectivity index (χ2n) is 1.55. The van der Waals surface area contributed by atoms with E-state index in [1.54, 1.807) is 0 Å². The van der Waals surface area contributed by atoms with E-state index in [1.807, 2.05) is 0 Å². The van der Waals surface area contributed by atoms with Crippen LogP contribution in [0, 0.1) is 0 Å². The highest BCUT2D eigenvalue weighted by Gasteiger charge is 2.22. The number of aliphatic hydroxyl groups is 2. The van der Waals surface area contributed by atoms with Gasteiger partial charge in [0.1, 0.15) is 6.10 Å². The summed E-state index contributed by atoms with van der Waals surface area (Å²) in [6.45, 7) is -0.770. The molecule has 0 bridgehead atoms. The van der Waals surface area contributed by atoms with Gasteiger partial charge in [-0.05, 0) is 0 Å². The fourth-order valence-corrected chi connectivity index (χ4v) is 0.320. The van der Waals surface area contributed by atoms with Gasteiger partial charge in [0.05, 0.1) is 13.7 Å². The maximum Gasteiger partial charge on any atom is 0.377 e. The first-order valence-corrected chi connectivity index (χ1v) is 2.54. The summed E-state index contributed by atoms with van der Waals surface area (Å²) < 4.78 is 3.98. The molecule has 5 nitrogen and oxygen atoms in total. The van der Waals surface area contributed by atoms with Crippen LogP contribution in [0.15, 0.2) is 0 Å². The molecule has 0 spiro atoms. The highest BCUT2D eigenvalue weighted by molar-refractivity contribution is 6.35. The van der Waals surface area contributed by atoms with Crippen LogP contribution in [0.3, 0.4) is 0 Å². The fourth-order valence-electron chi connectivity index (χ4n) is 0.320. The van der Waals surface area contributed by atoms with Gasteiger partial charge in [-0.15, -0.1) is 0 Å². The number of esters is 1. The summed E-state index contributed by atoms with van der Waals surface area (Å²) >= 11 is 0. The number of Topliss-reactive ketones (excluding diaryl/α,β-unsaturated/α-hetero) is 1. The van der Waals surface area contributed by atoms with E-state index in [2.05, 4.69) is 4.74 Å². The molecule has 58 valence electrons. The van der Waals surface area contributed by atoms with Crippen LogP contribution in [0.4, 0.5) is 0 Å². The predicted octanol–water partition coefficient (Wildman–Crippen LogP) is -1.92. The monoisotopic (exact) mass is 148 g/mol. The Hall–Kier alpha value is -0.940. The Morgan fingerprint density at radius 2 is 2.10 bits per heavy atom. The largest absolute Gasteiger partial charge is 0.463 e. The Morgan fingerprint density at radius 1 is 1.60 bits per heavy atom. The van der Waals surface area contributed by atoms with Gasteiger partial charge in [0.2, 0.25) is 0 Å². The summed E-state index contributed by atoms with van der Waals surface area (Å²) in [5.41, 5.74) is 0. The number of ketones is 1. The number of ether oxygens (including phenoxy) is 1. The van der Waals surface area contributed by atoms with Crippen LogP contribution in [0.2, 0.25) is 0 Å². The van der Waals surface area contributed by atoms with Gasteiger partial charge in [-0.1, -0.05) is 0 Å². The fraction of sp³-hybridized carbons (Fsp3) is 0.600. The van der Waals surface area contributed by atoms with Crippen molar-refractivity contribution in [3.63, 3.8) is 0 Å². The highest BCUT2D eigenvalue weighted by Crippen LogP contribution is 1.86. The lowest BCUT2D eigenvalue weighted by molar-refractivity contribution is -0.156. The summed E-state index contributed by atoms with van der Waals surface area (Å²) in [7, 11) is 1.02. The lowest BCUT2D eigenvalue weighted by Gasteiger charge is -2.01. The standard InChI is InChI=1S/C5H8O5/c1-10-5(9)4(8)3(7)2-6/h3,6-7H,2H2,1H3. The predicted molar refractivity (Wildman–Crippen MR) is 30.1 cm³/mol. The Balaban J connectivity index is 3.95. The van der Waals surface area contributed by atoms with E-state index in [0.29, 0.717) is 0 Å². The number of carbonyl (C=O) groups excluding carboxylic acids is 2. The molecule has 0 aromatic heterocycles. The van der Waals surface area contributed by atoms with E-state index in [1.165, 1.54) is 0 Å². The number of methoxy groups -OCH3 is 1. The Kier molecular flexibility index (Phi) is 3.60.